The van der Waals surface area contributed by atoms with Crippen molar-refractivity contribution in [3.63, 3.8) is 0 Å². The van der Waals surface area contributed by atoms with Gasteiger partial charge in [-0.15, -0.1) is 0 Å². The number of benzene rings is 2. The molecule has 2 N–H and O–H groups in total. The van der Waals surface area contributed by atoms with Crippen LogP contribution in [-0.2, 0) is 16.0 Å². The predicted octanol–water partition coefficient (Wildman–Crippen LogP) is 3.37. The molecule has 0 saturated heterocycles. The van der Waals surface area contributed by atoms with Crippen LogP contribution in [0.1, 0.15) is 18.9 Å². The molecular weight excluding hydrogens is 278 g/mol. The molecule has 1 unspecified atom stereocenters. The van der Waals surface area contributed by atoms with Gasteiger partial charge in [0.05, 0.1) is 0 Å². The molecule has 0 aromatic heterocycles. The molecule has 1 atom stereocenters. The lowest BCUT2D eigenvalue weighted by atomic mass is 10.0. The van der Waals surface area contributed by atoms with Crippen LogP contribution in [0.2, 0.25) is 0 Å². The summed E-state index contributed by atoms with van der Waals surface area (Å²) in [6.07, 6.45) is 1.53. The Kier molecular flexibility index (Phi) is 5.31. The van der Waals surface area contributed by atoms with Crippen molar-refractivity contribution in [3.8, 4) is 11.1 Å². The van der Waals surface area contributed by atoms with Crippen molar-refractivity contribution in [2.24, 2.45) is 0 Å². The molecule has 0 heterocycles. The molecule has 22 heavy (non-hydrogen) atoms. The highest BCUT2D eigenvalue weighted by Gasteiger charge is 2.16. The summed E-state index contributed by atoms with van der Waals surface area (Å²) < 4.78 is 0. The number of hydrogen-bond donors (Lipinski definition) is 2. The van der Waals surface area contributed by atoms with E-state index in [1.54, 1.807) is 0 Å². The number of carboxylic acids is 1. The molecule has 0 saturated carbocycles. The lowest BCUT2D eigenvalue weighted by Gasteiger charge is -2.13. The lowest BCUT2D eigenvalue weighted by molar-refractivity contribution is -0.138. The van der Waals surface area contributed by atoms with E-state index in [0.29, 0.717) is 12.0 Å². The standard InChI is InChI=1S/C18H19NO3/c1-2-13-4-3-5-15(12-13)14-6-8-16(9-7-14)19-17(10-11-20)18(21)22/h3-9,11-12,17,19H,2,10H2,1H3,(H,21,22). The fraction of sp³-hybridized carbons (Fsp3) is 0.222. The Morgan fingerprint density at radius 3 is 2.50 bits per heavy atom. The number of aliphatic carboxylic acids is 1. The highest BCUT2D eigenvalue weighted by Crippen LogP contribution is 2.23. The fourth-order valence-corrected chi connectivity index (χ4v) is 2.25. The van der Waals surface area contributed by atoms with Crippen LogP contribution in [0, 0.1) is 0 Å². The van der Waals surface area contributed by atoms with Crippen molar-refractivity contribution in [1.82, 2.24) is 0 Å². The van der Waals surface area contributed by atoms with Gasteiger partial charge in [-0.2, -0.15) is 0 Å². The summed E-state index contributed by atoms with van der Waals surface area (Å²) in [7, 11) is 0. The third-order valence-electron chi connectivity index (χ3n) is 3.52. The summed E-state index contributed by atoms with van der Waals surface area (Å²) in [4.78, 5) is 21.5. The maximum Gasteiger partial charge on any atom is 0.326 e. The summed E-state index contributed by atoms with van der Waals surface area (Å²) in [5.74, 6) is -1.04. The van der Waals surface area contributed by atoms with Crippen molar-refractivity contribution >= 4 is 17.9 Å². The zero-order valence-electron chi connectivity index (χ0n) is 12.5. The summed E-state index contributed by atoms with van der Waals surface area (Å²) >= 11 is 0. The Morgan fingerprint density at radius 2 is 1.91 bits per heavy atom. The van der Waals surface area contributed by atoms with Gasteiger partial charge in [-0.3, -0.25) is 0 Å². The van der Waals surface area contributed by atoms with Crippen molar-refractivity contribution in [2.75, 3.05) is 5.32 Å². The zero-order chi connectivity index (χ0) is 15.9. The molecule has 114 valence electrons. The molecule has 2 rings (SSSR count). The first-order chi connectivity index (χ1) is 10.6. The van der Waals surface area contributed by atoms with E-state index in [1.165, 1.54) is 5.56 Å². The highest BCUT2D eigenvalue weighted by atomic mass is 16.4. The van der Waals surface area contributed by atoms with Crippen molar-refractivity contribution < 1.29 is 14.7 Å². The van der Waals surface area contributed by atoms with Crippen LogP contribution >= 0.6 is 0 Å². The second kappa shape index (κ2) is 7.41. The molecule has 4 heteroatoms. The molecule has 2 aromatic carbocycles. The van der Waals surface area contributed by atoms with E-state index in [9.17, 15) is 9.59 Å². The normalized spacial score (nSPS) is 11.7. The number of anilines is 1. The maximum atomic E-state index is 11.0. The van der Waals surface area contributed by atoms with Gasteiger partial charge in [-0.05, 0) is 35.2 Å². The molecule has 0 aliphatic rings. The number of carboxylic acid groups (broad SMARTS) is 1. The van der Waals surface area contributed by atoms with Crippen LogP contribution in [-0.4, -0.2) is 23.4 Å². The minimum atomic E-state index is -1.04. The van der Waals surface area contributed by atoms with Gasteiger partial charge in [0, 0.05) is 12.1 Å². The van der Waals surface area contributed by atoms with E-state index in [4.69, 9.17) is 5.11 Å². The molecule has 0 radical (unpaired) electrons. The molecular formula is C18H19NO3. The van der Waals surface area contributed by atoms with Gasteiger partial charge in [-0.1, -0.05) is 43.3 Å². The SMILES string of the molecule is CCc1cccc(-c2ccc(NC(CC=O)C(=O)O)cc2)c1. The number of nitrogens with one attached hydrogen (secondary N) is 1. The van der Waals surface area contributed by atoms with Gasteiger partial charge in [0.2, 0.25) is 0 Å². The summed E-state index contributed by atoms with van der Waals surface area (Å²) in [6, 6.07) is 15.0. The van der Waals surface area contributed by atoms with Gasteiger partial charge in [0.1, 0.15) is 12.3 Å². The highest BCUT2D eigenvalue weighted by molar-refractivity contribution is 5.80. The number of carbonyl (C=O) groups is 2. The average Bonchev–Trinajstić information content (AvgIpc) is 2.55. The Labute approximate surface area is 129 Å². The fourth-order valence-electron chi connectivity index (χ4n) is 2.25. The van der Waals surface area contributed by atoms with Crippen LogP contribution < -0.4 is 5.32 Å². The van der Waals surface area contributed by atoms with Gasteiger partial charge >= 0.3 is 5.97 Å². The van der Waals surface area contributed by atoms with Gasteiger partial charge in [0.15, 0.2) is 0 Å². The molecule has 0 bridgehead atoms. The Bertz CT molecular complexity index is 650. The number of hydrogen-bond acceptors (Lipinski definition) is 3. The smallest absolute Gasteiger partial charge is 0.326 e. The molecule has 0 amide bonds. The Balaban J connectivity index is 2.15. The first-order valence-corrected chi connectivity index (χ1v) is 7.26. The zero-order valence-corrected chi connectivity index (χ0v) is 12.5. The van der Waals surface area contributed by atoms with E-state index >= 15 is 0 Å². The van der Waals surface area contributed by atoms with Crippen molar-refractivity contribution in [3.05, 3.63) is 54.1 Å². The quantitative estimate of drug-likeness (QED) is 0.769. The topological polar surface area (TPSA) is 66.4 Å². The summed E-state index contributed by atoms with van der Waals surface area (Å²) in [5, 5.41) is 11.9. The van der Waals surface area contributed by atoms with E-state index < -0.39 is 12.0 Å². The second-order valence-electron chi connectivity index (χ2n) is 5.07. The average molecular weight is 297 g/mol. The van der Waals surface area contributed by atoms with Crippen LogP contribution in [0.15, 0.2) is 48.5 Å². The van der Waals surface area contributed by atoms with Crippen LogP contribution in [0.4, 0.5) is 5.69 Å². The number of carbonyl (C=O) groups excluding carboxylic acids is 1. The number of aldehydes is 1. The maximum absolute atomic E-state index is 11.0. The molecule has 0 aliphatic carbocycles. The Morgan fingerprint density at radius 1 is 1.18 bits per heavy atom. The van der Waals surface area contributed by atoms with Crippen LogP contribution in [0.5, 0.6) is 0 Å². The molecule has 2 aromatic rings. The van der Waals surface area contributed by atoms with Gasteiger partial charge in [-0.25, -0.2) is 4.79 Å². The van der Waals surface area contributed by atoms with E-state index in [2.05, 4.69) is 24.4 Å². The first kappa shape index (κ1) is 15.8. The van der Waals surface area contributed by atoms with E-state index in [1.807, 2.05) is 36.4 Å². The van der Waals surface area contributed by atoms with E-state index in [-0.39, 0.29) is 6.42 Å². The van der Waals surface area contributed by atoms with Gasteiger partial charge < -0.3 is 15.2 Å². The number of rotatable bonds is 7. The summed E-state index contributed by atoms with van der Waals surface area (Å²) in [5.41, 5.74) is 4.16. The van der Waals surface area contributed by atoms with Gasteiger partial charge in [0.25, 0.3) is 0 Å². The number of aryl methyl sites for hydroxylation is 1. The Hall–Kier alpha value is -2.62. The largest absolute Gasteiger partial charge is 0.480 e. The summed E-state index contributed by atoms with van der Waals surface area (Å²) in [6.45, 7) is 2.12. The monoisotopic (exact) mass is 297 g/mol. The van der Waals surface area contributed by atoms with Crippen molar-refractivity contribution in [2.45, 2.75) is 25.8 Å². The predicted molar refractivity (Wildman–Crippen MR) is 87.0 cm³/mol. The van der Waals surface area contributed by atoms with Crippen molar-refractivity contribution in [1.29, 1.82) is 0 Å². The first-order valence-electron chi connectivity index (χ1n) is 7.26. The minimum absolute atomic E-state index is 0.0599. The second-order valence-corrected chi connectivity index (χ2v) is 5.07. The third-order valence-corrected chi connectivity index (χ3v) is 3.52. The van der Waals surface area contributed by atoms with E-state index in [0.717, 1.165) is 17.5 Å². The molecule has 0 fully saturated rings. The molecule has 0 aliphatic heterocycles. The third kappa shape index (κ3) is 3.95. The minimum Gasteiger partial charge on any atom is -0.480 e. The lowest BCUT2D eigenvalue weighted by Crippen LogP contribution is -2.29. The van der Waals surface area contributed by atoms with Crippen LogP contribution in [0.25, 0.3) is 11.1 Å². The molecule has 4 nitrogen and oxygen atoms in total. The molecule has 0 spiro atoms. The van der Waals surface area contributed by atoms with Crippen LogP contribution in [0.3, 0.4) is 0 Å².